The van der Waals surface area contributed by atoms with E-state index in [0.29, 0.717) is 0 Å². The summed E-state index contributed by atoms with van der Waals surface area (Å²) in [6.45, 7) is 1.40. The van der Waals surface area contributed by atoms with Crippen LogP contribution in [0.3, 0.4) is 0 Å². The van der Waals surface area contributed by atoms with E-state index in [1.807, 2.05) is 0 Å². The maximum atomic E-state index is 13.2. The predicted molar refractivity (Wildman–Crippen MR) is 47.4 cm³/mol. The van der Waals surface area contributed by atoms with Gasteiger partial charge in [0.1, 0.15) is 5.82 Å². The number of hydrogen-bond donors (Lipinski definition) is 1. The number of halogens is 3. The zero-order chi connectivity index (χ0) is 11.6. The fourth-order valence-corrected chi connectivity index (χ4v) is 1.39. The summed E-state index contributed by atoms with van der Waals surface area (Å²) < 4.78 is 38.3. The van der Waals surface area contributed by atoms with Gasteiger partial charge >= 0.3 is 5.97 Å². The molecule has 0 heterocycles. The molecule has 0 fully saturated rings. The molecule has 0 aromatic heterocycles. The predicted octanol–water partition coefficient (Wildman–Crippen LogP) is 2.70. The minimum atomic E-state index is -2.87. The van der Waals surface area contributed by atoms with E-state index in [1.165, 1.54) is 13.0 Å². The quantitative estimate of drug-likeness (QED) is 0.846. The number of carboxylic acid groups (broad SMARTS) is 1. The van der Waals surface area contributed by atoms with E-state index in [9.17, 15) is 18.0 Å². The van der Waals surface area contributed by atoms with Crippen LogP contribution in [-0.4, -0.2) is 11.1 Å². The second-order valence-corrected chi connectivity index (χ2v) is 3.13. The van der Waals surface area contributed by atoms with Crippen LogP contribution in [-0.2, 0) is 11.2 Å². The molecule has 0 radical (unpaired) electrons. The van der Waals surface area contributed by atoms with Gasteiger partial charge in [-0.3, -0.25) is 4.79 Å². The fourth-order valence-electron chi connectivity index (χ4n) is 1.39. The highest BCUT2D eigenvalue weighted by atomic mass is 19.3. The fraction of sp³-hybridized carbons (Fsp3) is 0.300. The monoisotopic (exact) mass is 218 g/mol. The SMILES string of the molecule is Cc1ccc(F)c(CC(=O)O)c1C(F)F. The molecular formula is C10H9F3O2. The number of benzene rings is 1. The zero-order valence-corrected chi connectivity index (χ0v) is 7.93. The molecular weight excluding hydrogens is 209 g/mol. The number of alkyl halides is 2. The molecule has 82 valence electrons. The zero-order valence-electron chi connectivity index (χ0n) is 7.93. The third-order valence-corrected chi connectivity index (χ3v) is 2.06. The van der Waals surface area contributed by atoms with Crippen LogP contribution in [0.4, 0.5) is 13.2 Å². The Kier molecular flexibility index (Phi) is 3.34. The number of carboxylic acids is 1. The van der Waals surface area contributed by atoms with Crippen molar-refractivity contribution in [3.8, 4) is 0 Å². The highest BCUT2D eigenvalue weighted by molar-refractivity contribution is 5.71. The Balaban J connectivity index is 3.31. The van der Waals surface area contributed by atoms with Crippen molar-refractivity contribution in [1.82, 2.24) is 0 Å². The maximum Gasteiger partial charge on any atom is 0.307 e. The second kappa shape index (κ2) is 4.33. The van der Waals surface area contributed by atoms with Crippen LogP contribution in [0.1, 0.15) is 23.1 Å². The van der Waals surface area contributed by atoms with Crippen molar-refractivity contribution in [3.63, 3.8) is 0 Å². The van der Waals surface area contributed by atoms with Crippen LogP contribution in [0, 0.1) is 12.7 Å². The first-order valence-electron chi connectivity index (χ1n) is 4.21. The van der Waals surface area contributed by atoms with Crippen LogP contribution in [0.5, 0.6) is 0 Å². The van der Waals surface area contributed by atoms with E-state index < -0.39 is 35.8 Å². The lowest BCUT2D eigenvalue weighted by Crippen LogP contribution is -2.08. The molecule has 0 aliphatic heterocycles. The molecule has 1 rings (SSSR count). The van der Waals surface area contributed by atoms with Gasteiger partial charge in [0.15, 0.2) is 0 Å². The van der Waals surface area contributed by atoms with Gasteiger partial charge in [0.05, 0.1) is 6.42 Å². The standard InChI is InChI=1S/C10H9F3O2/c1-5-2-3-7(11)6(4-8(14)15)9(5)10(12)13/h2-3,10H,4H2,1H3,(H,14,15). The third kappa shape index (κ3) is 2.49. The van der Waals surface area contributed by atoms with Crippen LogP contribution >= 0.6 is 0 Å². The normalized spacial score (nSPS) is 10.7. The summed E-state index contributed by atoms with van der Waals surface area (Å²) in [7, 11) is 0. The molecule has 1 N–H and O–H groups in total. The van der Waals surface area contributed by atoms with Crippen LogP contribution in [0.15, 0.2) is 12.1 Å². The van der Waals surface area contributed by atoms with E-state index >= 15 is 0 Å². The summed E-state index contributed by atoms with van der Waals surface area (Å²) in [5, 5.41) is 8.48. The molecule has 0 saturated carbocycles. The van der Waals surface area contributed by atoms with Crippen molar-refractivity contribution in [2.45, 2.75) is 19.8 Å². The molecule has 0 atom stereocenters. The van der Waals surface area contributed by atoms with Crippen molar-refractivity contribution in [3.05, 3.63) is 34.6 Å². The first kappa shape index (κ1) is 11.6. The molecule has 1 aromatic rings. The van der Waals surface area contributed by atoms with Crippen molar-refractivity contribution < 1.29 is 23.1 Å². The molecule has 0 bridgehead atoms. The van der Waals surface area contributed by atoms with Gasteiger partial charge in [-0.25, -0.2) is 13.2 Å². The van der Waals surface area contributed by atoms with E-state index in [-0.39, 0.29) is 5.56 Å². The average Bonchev–Trinajstić information content (AvgIpc) is 2.10. The molecule has 1 aromatic carbocycles. The molecule has 0 aliphatic rings. The molecule has 5 heteroatoms. The lowest BCUT2D eigenvalue weighted by atomic mass is 9.99. The van der Waals surface area contributed by atoms with Gasteiger partial charge in [-0.1, -0.05) is 6.07 Å². The Hall–Kier alpha value is -1.52. The van der Waals surface area contributed by atoms with E-state index in [4.69, 9.17) is 5.11 Å². The summed E-state index contributed by atoms with van der Waals surface area (Å²) in [4.78, 5) is 10.4. The van der Waals surface area contributed by atoms with Gasteiger partial charge in [-0.05, 0) is 18.6 Å². The van der Waals surface area contributed by atoms with Gasteiger partial charge in [0, 0.05) is 11.1 Å². The number of aliphatic carboxylic acids is 1. The largest absolute Gasteiger partial charge is 0.481 e. The first-order chi connectivity index (χ1) is 6.93. The van der Waals surface area contributed by atoms with Gasteiger partial charge in [0.2, 0.25) is 0 Å². The molecule has 0 aliphatic carbocycles. The van der Waals surface area contributed by atoms with Gasteiger partial charge in [-0.15, -0.1) is 0 Å². The summed E-state index contributed by atoms with van der Waals surface area (Å²) in [5.74, 6) is -2.24. The van der Waals surface area contributed by atoms with Crippen molar-refractivity contribution in [2.75, 3.05) is 0 Å². The van der Waals surface area contributed by atoms with E-state index in [0.717, 1.165) is 6.07 Å². The Morgan fingerprint density at radius 3 is 2.53 bits per heavy atom. The van der Waals surface area contributed by atoms with Gasteiger partial charge < -0.3 is 5.11 Å². The minimum Gasteiger partial charge on any atom is -0.481 e. The highest BCUT2D eigenvalue weighted by Gasteiger charge is 2.20. The average molecular weight is 218 g/mol. The Morgan fingerprint density at radius 2 is 2.07 bits per heavy atom. The van der Waals surface area contributed by atoms with Crippen LogP contribution in [0.25, 0.3) is 0 Å². The maximum absolute atomic E-state index is 13.2. The van der Waals surface area contributed by atoms with Crippen molar-refractivity contribution in [2.24, 2.45) is 0 Å². The first-order valence-corrected chi connectivity index (χ1v) is 4.21. The number of carbonyl (C=O) groups is 1. The smallest absolute Gasteiger partial charge is 0.307 e. The third-order valence-electron chi connectivity index (χ3n) is 2.06. The molecule has 0 amide bonds. The van der Waals surface area contributed by atoms with E-state index in [2.05, 4.69) is 0 Å². The molecule has 2 nitrogen and oxygen atoms in total. The second-order valence-electron chi connectivity index (χ2n) is 3.13. The number of rotatable bonds is 3. The summed E-state index contributed by atoms with van der Waals surface area (Å²) in [6, 6.07) is 2.21. The van der Waals surface area contributed by atoms with Gasteiger partial charge in [0.25, 0.3) is 6.43 Å². The molecule has 0 unspecified atom stereocenters. The van der Waals surface area contributed by atoms with Crippen molar-refractivity contribution in [1.29, 1.82) is 0 Å². The topological polar surface area (TPSA) is 37.3 Å². The highest BCUT2D eigenvalue weighted by Crippen LogP contribution is 2.28. The van der Waals surface area contributed by atoms with Gasteiger partial charge in [-0.2, -0.15) is 0 Å². The van der Waals surface area contributed by atoms with Crippen LogP contribution in [0.2, 0.25) is 0 Å². The summed E-state index contributed by atoms with van der Waals surface area (Å²) >= 11 is 0. The van der Waals surface area contributed by atoms with Crippen LogP contribution < -0.4 is 0 Å². The summed E-state index contributed by atoms with van der Waals surface area (Å²) in [6.07, 6.45) is -3.59. The number of hydrogen-bond acceptors (Lipinski definition) is 1. The lowest BCUT2D eigenvalue weighted by Gasteiger charge is -2.11. The minimum absolute atomic E-state index is 0.197. The Morgan fingerprint density at radius 1 is 1.47 bits per heavy atom. The van der Waals surface area contributed by atoms with E-state index in [1.54, 1.807) is 0 Å². The molecule has 15 heavy (non-hydrogen) atoms. The molecule has 0 saturated heterocycles. The number of aryl methyl sites for hydroxylation is 1. The molecule has 0 spiro atoms. The lowest BCUT2D eigenvalue weighted by molar-refractivity contribution is -0.136. The van der Waals surface area contributed by atoms with Crippen molar-refractivity contribution >= 4 is 5.97 Å². The summed E-state index contributed by atoms with van der Waals surface area (Å²) in [5.41, 5.74) is -0.752. The Labute approximate surface area is 84.3 Å². The Bertz CT molecular complexity index is 388.